The number of likely N-dealkylation sites (N-methyl/N-ethyl adjacent to an activating group) is 1. The van der Waals surface area contributed by atoms with Crippen molar-refractivity contribution in [1.82, 2.24) is 15.0 Å². The average Bonchev–Trinajstić information content (AvgIpc) is 3.30. The fraction of sp³-hybridized carbons (Fsp3) is 0.348. The Morgan fingerprint density at radius 1 is 1.00 bits per heavy atom. The van der Waals surface area contributed by atoms with Gasteiger partial charge in [0.25, 0.3) is 5.91 Å². The predicted molar refractivity (Wildman–Crippen MR) is 117 cm³/mol. The van der Waals surface area contributed by atoms with Crippen LogP contribution in [0.1, 0.15) is 19.2 Å². The third-order valence-corrected chi connectivity index (χ3v) is 4.85. The van der Waals surface area contributed by atoms with Gasteiger partial charge in [0, 0.05) is 13.1 Å². The van der Waals surface area contributed by atoms with Crippen LogP contribution in [0.25, 0.3) is 11.4 Å². The van der Waals surface area contributed by atoms with Crippen molar-refractivity contribution < 1.29 is 28.3 Å². The van der Waals surface area contributed by atoms with E-state index >= 15 is 0 Å². The molecule has 2 aromatic carbocycles. The topological polar surface area (TPSA) is 96.2 Å². The molecule has 1 heterocycles. The summed E-state index contributed by atoms with van der Waals surface area (Å²) < 4.78 is 27.0. The number of amides is 1. The molecular weight excluding hydrogens is 414 g/mol. The molecule has 0 saturated carbocycles. The van der Waals surface area contributed by atoms with E-state index < -0.39 is 6.10 Å². The van der Waals surface area contributed by atoms with Crippen LogP contribution in [0.5, 0.6) is 23.0 Å². The molecule has 0 radical (unpaired) electrons. The molecule has 9 heteroatoms. The van der Waals surface area contributed by atoms with Crippen LogP contribution in [0.15, 0.2) is 47.0 Å². The van der Waals surface area contributed by atoms with Gasteiger partial charge in [-0.15, -0.1) is 0 Å². The first-order valence-corrected chi connectivity index (χ1v) is 10.1. The first-order chi connectivity index (χ1) is 15.5. The van der Waals surface area contributed by atoms with Crippen LogP contribution in [0.4, 0.5) is 0 Å². The third kappa shape index (κ3) is 5.29. The van der Waals surface area contributed by atoms with Gasteiger partial charge in [0.2, 0.25) is 11.7 Å². The van der Waals surface area contributed by atoms with E-state index in [2.05, 4.69) is 10.1 Å². The lowest BCUT2D eigenvalue weighted by atomic mass is 10.2. The number of methoxy groups -OCH3 is 3. The van der Waals surface area contributed by atoms with Crippen molar-refractivity contribution in [3.05, 3.63) is 48.4 Å². The number of rotatable bonds is 10. The molecule has 0 unspecified atom stereocenters. The SMILES string of the molecule is CC[C@@H](Oc1ccc(OC)cc1)C(=O)N(C)Cc1nc(-c2ccc(OC)cc2OC)no1. The number of carbonyl (C=O) groups is 1. The van der Waals surface area contributed by atoms with Gasteiger partial charge in [0.1, 0.15) is 23.0 Å². The van der Waals surface area contributed by atoms with E-state index in [0.29, 0.717) is 40.9 Å². The molecule has 1 amide bonds. The molecule has 32 heavy (non-hydrogen) atoms. The first-order valence-electron chi connectivity index (χ1n) is 10.1. The van der Waals surface area contributed by atoms with Crippen molar-refractivity contribution in [2.24, 2.45) is 0 Å². The Kier molecular flexibility index (Phi) is 7.54. The molecule has 0 aliphatic carbocycles. The van der Waals surface area contributed by atoms with Gasteiger partial charge in [-0.2, -0.15) is 4.98 Å². The smallest absolute Gasteiger partial charge is 0.263 e. The maximum absolute atomic E-state index is 12.9. The molecule has 0 spiro atoms. The van der Waals surface area contributed by atoms with Crippen LogP contribution in [-0.4, -0.2) is 55.4 Å². The zero-order chi connectivity index (χ0) is 23.1. The molecule has 1 aromatic heterocycles. The lowest BCUT2D eigenvalue weighted by molar-refractivity contribution is -0.138. The molecule has 0 saturated heterocycles. The Morgan fingerprint density at radius 2 is 1.66 bits per heavy atom. The third-order valence-electron chi connectivity index (χ3n) is 4.85. The van der Waals surface area contributed by atoms with Gasteiger partial charge >= 0.3 is 0 Å². The summed E-state index contributed by atoms with van der Waals surface area (Å²) in [6, 6.07) is 12.4. The van der Waals surface area contributed by atoms with E-state index in [-0.39, 0.29) is 12.5 Å². The summed E-state index contributed by atoms with van der Waals surface area (Å²) >= 11 is 0. The monoisotopic (exact) mass is 441 g/mol. The van der Waals surface area contributed by atoms with Gasteiger partial charge in [-0.1, -0.05) is 12.1 Å². The van der Waals surface area contributed by atoms with Crippen molar-refractivity contribution >= 4 is 5.91 Å². The Labute approximate surface area is 186 Å². The summed E-state index contributed by atoms with van der Waals surface area (Å²) in [6.07, 6.45) is -0.134. The first kappa shape index (κ1) is 22.9. The summed E-state index contributed by atoms with van der Waals surface area (Å²) in [5.74, 6) is 2.99. The fourth-order valence-corrected chi connectivity index (χ4v) is 3.07. The van der Waals surface area contributed by atoms with E-state index in [1.807, 2.05) is 6.92 Å². The maximum Gasteiger partial charge on any atom is 0.263 e. The molecule has 1 atom stereocenters. The summed E-state index contributed by atoms with van der Waals surface area (Å²) in [6.45, 7) is 2.04. The van der Waals surface area contributed by atoms with Gasteiger partial charge in [-0.05, 0) is 42.8 Å². The van der Waals surface area contributed by atoms with Crippen molar-refractivity contribution in [2.75, 3.05) is 28.4 Å². The van der Waals surface area contributed by atoms with Crippen LogP contribution < -0.4 is 18.9 Å². The Bertz CT molecular complexity index is 1030. The molecule has 0 aliphatic heterocycles. The van der Waals surface area contributed by atoms with E-state index in [4.69, 9.17) is 23.5 Å². The number of benzene rings is 2. The number of hydrogen-bond acceptors (Lipinski definition) is 8. The Morgan fingerprint density at radius 3 is 2.28 bits per heavy atom. The van der Waals surface area contributed by atoms with Crippen LogP contribution in [0.3, 0.4) is 0 Å². The van der Waals surface area contributed by atoms with Crippen LogP contribution in [-0.2, 0) is 11.3 Å². The second kappa shape index (κ2) is 10.5. The highest BCUT2D eigenvalue weighted by Gasteiger charge is 2.24. The fourth-order valence-electron chi connectivity index (χ4n) is 3.07. The predicted octanol–water partition coefficient (Wildman–Crippen LogP) is 3.58. The summed E-state index contributed by atoms with van der Waals surface area (Å²) in [5, 5.41) is 4.02. The largest absolute Gasteiger partial charge is 0.497 e. The molecule has 170 valence electrons. The van der Waals surface area contributed by atoms with Crippen molar-refractivity contribution in [3.8, 4) is 34.4 Å². The number of ether oxygens (including phenoxy) is 4. The quantitative estimate of drug-likeness (QED) is 0.471. The zero-order valence-corrected chi connectivity index (χ0v) is 18.8. The Balaban J connectivity index is 1.68. The van der Waals surface area contributed by atoms with Crippen molar-refractivity contribution in [2.45, 2.75) is 26.0 Å². The summed E-state index contributed by atoms with van der Waals surface area (Å²) in [7, 11) is 6.40. The normalized spacial score (nSPS) is 11.5. The van der Waals surface area contributed by atoms with Crippen LogP contribution in [0, 0.1) is 0 Å². The number of aromatic nitrogens is 2. The van der Waals surface area contributed by atoms with Gasteiger partial charge in [0.05, 0.1) is 33.4 Å². The highest BCUT2D eigenvalue weighted by molar-refractivity contribution is 5.81. The van der Waals surface area contributed by atoms with E-state index in [0.717, 1.165) is 5.75 Å². The van der Waals surface area contributed by atoms with Crippen LogP contribution >= 0.6 is 0 Å². The molecule has 0 bridgehead atoms. The van der Waals surface area contributed by atoms with Gasteiger partial charge < -0.3 is 28.4 Å². The number of carbonyl (C=O) groups excluding carboxylic acids is 1. The minimum atomic E-state index is -0.641. The van der Waals surface area contributed by atoms with E-state index in [9.17, 15) is 4.79 Å². The molecule has 0 aliphatic rings. The van der Waals surface area contributed by atoms with Crippen molar-refractivity contribution in [1.29, 1.82) is 0 Å². The highest BCUT2D eigenvalue weighted by atomic mass is 16.5. The summed E-state index contributed by atoms with van der Waals surface area (Å²) in [5.41, 5.74) is 0.659. The molecular formula is C23H27N3O6. The molecule has 9 nitrogen and oxygen atoms in total. The second-order valence-electron chi connectivity index (χ2n) is 6.96. The highest BCUT2D eigenvalue weighted by Crippen LogP contribution is 2.31. The Hall–Kier alpha value is -3.75. The second-order valence-corrected chi connectivity index (χ2v) is 6.96. The minimum Gasteiger partial charge on any atom is -0.497 e. The molecule has 3 aromatic rings. The summed E-state index contributed by atoms with van der Waals surface area (Å²) in [4.78, 5) is 18.8. The average molecular weight is 441 g/mol. The van der Waals surface area contributed by atoms with E-state index in [1.165, 1.54) is 4.90 Å². The van der Waals surface area contributed by atoms with Gasteiger partial charge in [0.15, 0.2) is 6.10 Å². The maximum atomic E-state index is 12.9. The van der Waals surface area contributed by atoms with Crippen LogP contribution in [0.2, 0.25) is 0 Å². The van der Waals surface area contributed by atoms with Gasteiger partial charge in [-0.25, -0.2) is 0 Å². The molecule has 3 rings (SSSR count). The molecule has 0 fully saturated rings. The number of nitrogens with zero attached hydrogens (tertiary/aromatic N) is 3. The lowest BCUT2D eigenvalue weighted by Crippen LogP contribution is -2.39. The minimum absolute atomic E-state index is 0.146. The lowest BCUT2D eigenvalue weighted by Gasteiger charge is -2.22. The zero-order valence-electron chi connectivity index (χ0n) is 18.8. The van der Waals surface area contributed by atoms with E-state index in [1.54, 1.807) is 70.8 Å². The standard InChI is InChI=1S/C23H27N3O6/c1-6-19(31-16-9-7-15(28-3)8-10-16)23(27)26(2)14-21-24-22(25-32-21)18-12-11-17(29-4)13-20(18)30-5/h7-13,19H,6,14H2,1-5H3/t19-/m1/s1. The molecule has 0 N–H and O–H groups in total. The van der Waals surface area contributed by atoms with Crippen molar-refractivity contribution in [3.63, 3.8) is 0 Å². The number of hydrogen-bond donors (Lipinski definition) is 0. The van der Waals surface area contributed by atoms with Gasteiger partial charge in [-0.3, -0.25) is 4.79 Å².